The van der Waals surface area contributed by atoms with Crippen LogP contribution in [0, 0.1) is 0 Å². The Morgan fingerprint density at radius 1 is 1.50 bits per heavy atom. The molecule has 0 radical (unpaired) electrons. The van der Waals surface area contributed by atoms with Crippen molar-refractivity contribution in [2.45, 2.75) is 37.1 Å². The van der Waals surface area contributed by atoms with Gasteiger partial charge in [-0.05, 0) is 37.1 Å². The van der Waals surface area contributed by atoms with E-state index in [0.717, 1.165) is 16.3 Å². The van der Waals surface area contributed by atoms with Crippen LogP contribution in [0.2, 0.25) is 0 Å². The van der Waals surface area contributed by atoms with Gasteiger partial charge in [0.2, 0.25) is 0 Å². The molecule has 1 aromatic rings. The van der Waals surface area contributed by atoms with Crippen molar-refractivity contribution in [2.24, 2.45) is 0 Å². The van der Waals surface area contributed by atoms with E-state index >= 15 is 0 Å². The number of benzene rings is 1. The van der Waals surface area contributed by atoms with E-state index in [9.17, 15) is 9.90 Å². The summed E-state index contributed by atoms with van der Waals surface area (Å²) in [5.74, 6) is 0.0596. The van der Waals surface area contributed by atoms with Crippen LogP contribution in [0.4, 0.5) is 5.69 Å². The van der Waals surface area contributed by atoms with Crippen molar-refractivity contribution in [3.63, 3.8) is 0 Å². The van der Waals surface area contributed by atoms with Crippen LogP contribution >= 0.6 is 11.8 Å². The minimum atomic E-state index is -0.826. The van der Waals surface area contributed by atoms with Gasteiger partial charge >= 0.3 is 5.97 Å². The van der Waals surface area contributed by atoms with Crippen molar-refractivity contribution in [3.8, 4) is 0 Å². The molecule has 2 rings (SSSR count). The number of rotatable bonds is 5. The Labute approximate surface area is 112 Å². The fourth-order valence-corrected chi connectivity index (χ4v) is 3.10. The second kappa shape index (κ2) is 5.65. The van der Waals surface area contributed by atoms with Gasteiger partial charge in [-0.25, -0.2) is 4.79 Å². The van der Waals surface area contributed by atoms with Gasteiger partial charge in [-0.15, -0.1) is 11.8 Å². The van der Waals surface area contributed by atoms with E-state index in [2.05, 4.69) is 4.90 Å². The average Bonchev–Trinajstić information content (AvgIpc) is 2.26. The first-order chi connectivity index (χ1) is 8.65. The Morgan fingerprint density at radius 3 is 2.72 bits per heavy atom. The fraction of sp³-hybridized carbons (Fsp3) is 0.500. The van der Waals surface area contributed by atoms with Crippen LogP contribution in [0.1, 0.15) is 36.5 Å². The second-order valence-corrected chi connectivity index (χ2v) is 5.89. The first-order valence-corrected chi connectivity index (χ1v) is 7.35. The molecule has 0 atom stereocenters. The largest absolute Gasteiger partial charge is 0.478 e. The standard InChI is InChI=1S/C14H19NO2S/c1-3-18-12-9-5-8-11(13(12)14(16)17)15(2)10-6-4-7-10/h5,8-10H,3-4,6-7H2,1-2H3,(H,16,17). The van der Waals surface area contributed by atoms with Gasteiger partial charge in [0.1, 0.15) is 0 Å². The Hall–Kier alpha value is -1.16. The zero-order valence-corrected chi connectivity index (χ0v) is 11.7. The van der Waals surface area contributed by atoms with E-state index in [1.54, 1.807) is 11.8 Å². The van der Waals surface area contributed by atoms with E-state index in [0.29, 0.717) is 11.6 Å². The monoisotopic (exact) mass is 265 g/mol. The molecule has 0 saturated heterocycles. The van der Waals surface area contributed by atoms with E-state index in [1.807, 2.05) is 32.2 Å². The fourth-order valence-electron chi connectivity index (χ4n) is 2.27. The van der Waals surface area contributed by atoms with Gasteiger partial charge in [0, 0.05) is 18.0 Å². The number of hydrogen-bond acceptors (Lipinski definition) is 3. The minimum Gasteiger partial charge on any atom is -0.478 e. The molecule has 0 unspecified atom stereocenters. The molecular formula is C14H19NO2S. The molecule has 1 fully saturated rings. The lowest BCUT2D eigenvalue weighted by molar-refractivity contribution is 0.0693. The molecule has 4 heteroatoms. The number of aromatic carboxylic acids is 1. The summed E-state index contributed by atoms with van der Waals surface area (Å²) in [4.78, 5) is 14.5. The third-order valence-corrected chi connectivity index (χ3v) is 4.46. The predicted molar refractivity (Wildman–Crippen MR) is 75.8 cm³/mol. The highest BCUT2D eigenvalue weighted by Gasteiger charge is 2.26. The zero-order valence-electron chi connectivity index (χ0n) is 10.8. The van der Waals surface area contributed by atoms with E-state index < -0.39 is 5.97 Å². The maximum absolute atomic E-state index is 11.5. The van der Waals surface area contributed by atoms with Crippen molar-refractivity contribution >= 4 is 23.4 Å². The van der Waals surface area contributed by atoms with Gasteiger partial charge < -0.3 is 10.0 Å². The molecule has 1 saturated carbocycles. The Balaban J connectivity index is 2.38. The SMILES string of the molecule is CCSc1cccc(N(C)C2CCC2)c1C(=O)O. The topological polar surface area (TPSA) is 40.5 Å². The third kappa shape index (κ3) is 2.48. The second-order valence-electron chi connectivity index (χ2n) is 4.58. The van der Waals surface area contributed by atoms with Crippen molar-refractivity contribution < 1.29 is 9.90 Å². The van der Waals surface area contributed by atoms with Crippen molar-refractivity contribution in [1.82, 2.24) is 0 Å². The average molecular weight is 265 g/mol. The molecule has 98 valence electrons. The molecule has 1 aromatic carbocycles. The summed E-state index contributed by atoms with van der Waals surface area (Å²) in [7, 11) is 2.01. The molecular weight excluding hydrogens is 246 g/mol. The smallest absolute Gasteiger partial charge is 0.338 e. The first kappa shape index (κ1) is 13.3. The molecule has 0 amide bonds. The summed E-state index contributed by atoms with van der Waals surface area (Å²) < 4.78 is 0. The van der Waals surface area contributed by atoms with Gasteiger partial charge in [0.25, 0.3) is 0 Å². The van der Waals surface area contributed by atoms with Crippen molar-refractivity contribution in [1.29, 1.82) is 0 Å². The lowest BCUT2D eigenvalue weighted by Gasteiger charge is -2.37. The summed E-state index contributed by atoms with van der Waals surface area (Å²) in [6.45, 7) is 2.04. The van der Waals surface area contributed by atoms with Gasteiger partial charge in [-0.1, -0.05) is 13.0 Å². The molecule has 0 aromatic heterocycles. The van der Waals surface area contributed by atoms with Crippen LogP contribution in [0.3, 0.4) is 0 Å². The maximum Gasteiger partial charge on any atom is 0.338 e. The van der Waals surface area contributed by atoms with Gasteiger partial charge in [0.15, 0.2) is 0 Å². The number of carbonyl (C=O) groups is 1. The molecule has 1 aliphatic carbocycles. The molecule has 1 N–H and O–H groups in total. The number of hydrogen-bond donors (Lipinski definition) is 1. The molecule has 1 aliphatic rings. The molecule has 0 spiro atoms. The van der Waals surface area contributed by atoms with Crippen LogP contribution in [0.25, 0.3) is 0 Å². The van der Waals surface area contributed by atoms with Crippen LogP contribution in [0.15, 0.2) is 23.1 Å². The third-order valence-electron chi connectivity index (χ3n) is 3.52. The Morgan fingerprint density at radius 2 is 2.22 bits per heavy atom. The number of carboxylic acids is 1. The predicted octanol–water partition coefficient (Wildman–Crippen LogP) is 3.49. The zero-order chi connectivity index (χ0) is 13.1. The molecule has 18 heavy (non-hydrogen) atoms. The molecule has 0 heterocycles. The molecule has 0 aliphatic heterocycles. The molecule has 0 bridgehead atoms. The van der Waals surface area contributed by atoms with Crippen molar-refractivity contribution in [3.05, 3.63) is 23.8 Å². The summed E-state index contributed by atoms with van der Waals surface area (Å²) in [6.07, 6.45) is 3.59. The first-order valence-electron chi connectivity index (χ1n) is 6.37. The highest BCUT2D eigenvalue weighted by atomic mass is 32.2. The Kier molecular flexibility index (Phi) is 4.17. The lowest BCUT2D eigenvalue weighted by atomic mass is 9.91. The van der Waals surface area contributed by atoms with E-state index in [4.69, 9.17) is 0 Å². The van der Waals surface area contributed by atoms with Gasteiger partial charge in [-0.2, -0.15) is 0 Å². The van der Waals surface area contributed by atoms with Crippen LogP contribution in [0.5, 0.6) is 0 Å². The number of anilines is 1. The maximum atomic E-state index is 11.5. The van der Waals surface area contributed by atoms with Gasteiger partial charge in [0.05, 0.1) is 11.3 Å². The summed E-state index contributed by atoms with van der Waals surface area (Å²) >= 11 is 1.59. The molecule has 3 nitrogen and oxygen atoms in total. The van der Waals surface area contributed by atoms with Gasteiger partial charge in [-0.3, -0.25) is 0 Å². The van der Waals surface area contributed by atoms with Crippen molar-refractivity contribution in [2.75, 3.05) is 17.7 Å². The quantitative estimate of drug-likeness (QED) is 0.827. The number of nitrogens with zero attached hydrogens (tertiary/aromatic N) is 1. The highest BCUT2D eigenvalue weighted by molar-refractivity contribution is 7.99. The minimum absolute atomic E-state index is 0.457. The van der Waals surface area contributed by atoms with E-state index in [-0.39, 0.29) is 0 Å². The summed E-state index contributed by atoms with van der Waals surface area (Å²) in [6, 6.07) is 6.27. The number of thioether (sulfide) groups is 1. The van der Waals surface area contributed by atoms with Crippen LogP contribution in [-0.2, 0) is 0 Å². The highest BCUT2D eigenvalue weighted by Crippen LogP contribution is 2.34. The normalized spacial score (nSPS) is 15.2. The summed E-state index contributed by atoms with van der Waals surface area (Å²) in [5.41, 5.74) is 1.31. The summed E-state index contributed by atoms with van der Waals surface area (Å²) in [5, 5.41) is 9.45. The van der Waals surface area contributed by atoms with Crippen LogP contribution < -0.4 is 4.90 Å². The Bertz CT molecular complexity index is 443. The van der Waals surface area contributed by atoms with E-state index in [1.165, 1.54) is 19.3 Å². The number of carboxylic acid groups (broad SMARTS) is 1. The van der Waals surface area contributed by atoms with Crippen LogP contribution in [-0.4, -0.2) is 29.9 Å². The lowest BCUT2D eigenvalue weighted by Crippen LogP contribution is -2.38.